The van der Waals surface area contributed by atoms with Crippen LogP contribution in [0.1, 0.15) is 19.8 Å². The van der Waals surface area contributed by atoms with Crippen LogP contribution in [0, 0.1) is 5.82 Å². The maximum Gasteiger partial charge on any atom is 0.233 e. The van der Waals surface area contributed by atoms with Crippen LogP contribution in [0.15, 0.2) is 18.2 Å². The fourth-order valence-electron chi connectivity index (χ4n) is 3.23. The third kappa shape index (κ3) is 5.35. The van der Waals surface area contributed by atoms with Gasteiger partial charge in [-0.3, -0.25) is 4.90 Å². The number of likely N-dealkylation sites (N-methyl/N-ethyl adjacent to an activating group) is 1. The van der Waals surface area contributed by atoms with Crippen LogP contribution in [0.25, 0.3) is 0 Å². The number of hydrogen-bond acceptors (Lipinski definition) is 9. The third-order valence-electron chi connectivity index (χ3n) is 4.57. The van der Waals surface area contributed by atoms with E-state index < -0.39 is 5.82 Å². The van der Waals surface area contributed by atoms with Crippen molar-refractivity contribution in [2.24, 2.45) is 0 Å². The molecule has 10 heteroatoms. The molecule has 2 aromatic rings. The van der Waals surface area contributed by atoms with E-state index in [1.807, 2.05) is 6.26 Å². The van der Waals surface area contributed by atoms with Crippen LogP contribution in [-0.4, -0.2) is 57.7 Å². The molecule has 0 amide bonds. The largest absolute Gasteiger partial charge is 0.480 e. The standard InChI is InChI=1S/C18H26FN7OS/c1-3-26-8-4-5-13(26)10-21-17-23-16(20)24-18(25-17)22-12-6-7-15(14(19)9-12)27-11-28-2/h6-7,9,13H,3-5,8,10-11H2,1-2H3,(H4,20,21,22,23,24,25). The Labute approximate surface area is 168 Å². The average molecular weight is 408 g/mol. The smallest absolute Gasteiger partial charge is 0.233 e. The lowest BCUT2D eigenvalue weighted by Gasteiger charge is -2.22. The van der Waals surface area contributed by atoms with Gasteiger partial charge in [0.05, 0.1) is 0 Å². The van der Waals surface area contributed by atoms with Gasteiger partial charge in [0.15, 0.2) is 11.6 Å². The van der Waals surface area contributed by atoms with Gasteiger partial charge in [-0.1, -0.05) is 6.92 Å². The summed E-state index contributed by atoms with van der Waals surface area (Å²) in [7, 11) is 0. The Morgan fingerprint density at radius 3 is 2.89 bits per heavy atom. The summed E-state index contributed by atoms with van der Waals surface area (Å²) in [5.41, 5.74) is 6.31. The molecule has 4 N–H and O–H groups in total. The molecule has 3 rings (SSSR count). The van der Waals surface area contributed by atoms with Crippen molar-refractivity contribution in [3.05, 3.63) is 24.0 Å². The molecular formula is C18H26FN7OS. The van der Waals surface area contributed by atoms with Gasteiger partial charge in [0, 0.05) is 24.3 Å². The number of aromatic nitrogens is 3. The average Bonchev–Trinajstić information content (AvgIpc) is 3.13. The Morgan fingerprint density at radius 2 is 2.14 bits per heavy atom. The molecule has 0 aliphatic carbocycles. The molecule has 0 radical (unpaired) electrons. The molecule has 1 aromatic carbocycles. The highest BCUT2D eigenvalue weighted by Gasteiger charge is 2.22. The number of thioether (sulfide) groups is 1. The van der Waals surface area contributed by atoms with E-state index in [4.69, 9.17) is 10.5 Å². The zero-order valence-corrected chi connectivity index (χ0v) is 16.9. The summed E-state index contributed by atoms with van der Waals surface area (Å²) in [4.78, 5) is 15.0. The Morgan fingerprint density at radius 1 is 1.32 bits per heavy atom. The van der Waals surface area contributed by atoms with Gasteiger partial charge in [-0.15, -0.1) is 11.8 Å². The summed E-state index contributed by atoms with van der Waals surface area (Å²) in [6.45, 7) is 5.06. The first-order valence-corrected chi connectivity index (χ1v) is 10.7. The molecule has 8 nitrogen and oxygen atoms in total. The summed E-state index contributed by atoms with van der Waals surface area (Å²) in [5.74, 6) is 0.886. The molecule has 0 saturated carbocycles. The zero-order valence-electron chi connectivity index (χ0n) is 16.1. The minimum atomic E-state index is -0.458. The molecule has 1 fully saturated rings. The molecule has 1 atom stereocenters. The van der Waals surface area contributed by atoms with Gasteiger partial charge in [0.2, 0.25) is 17.8 Å². The van der Waals surface area contributed by atoms with Crippen LogP contribution in [0.2, 0.25) is 0 Å². The molecule has 28 heavy (non-hydrogen) atoms. The first-order chi connectivity index (χ1) is 13.6. The summed E-state index contributed by atoms with van der Waals surface area (Å²) in [6.07, 6.45) is 4.24. The van der Waals surface area contributed by atoms with Crippen LogP contribution in [-0.2, 0) is 0 Å². The molecule has 1 unspecified atom stereocenters. The van der Waals surface area contributed by atoms with Crippen molar-refractivity contribution in [3.63, 3.8) is 0 Å². The van der Waals surface area contributed by atoms with Crippen molar-refractivity contribution >= 4 is 35.3 Å². The molecule has 0 spiro atoms. The van der Waals surface area contributed by atoms with Crippen molar-refractivity contribution in [1.82, 2.24) is 19.9 Å². The SMILES string of the molecule is CCN1CCCC1CNc1nc(N)nc(Nc2ccc(OCSC)c(F)c2)n1. The number of nitrogens with one attached hydrogen (secondary N) is 2. The second kappa shape index (κ2) is 9.74. The highest BCUT2D eigenvalue weighted by molar-refractivity contribution is 7.98. The molecule has 1 saturated heterocycles. The maximum atomic E-state index is 14.1. The molecule has 1 aromatic heterocycles. The van der Waals surface area contributed by atoms with Crippen molar-refractivity contribution in [2.75, 3.05) is 48.2 Å². The van der Waals surface area contributed by atoms with Gasteiger partial charge in [0.1, 0.15) is 5.94 Å². The zero-order chi connectivity index (χ0) is 19.9. The first-order valence-electron chi connectivity index (χ1n) is 9.26. The van der Waals surface area contributed by atoms with Gasteiger partial charge in [-0.25, -0.2) is 4.39 Å². The van der Waals surface area contributed by atoms with Crippen molar-refractivity contribution in [1.29, 1.82) is 0 Å². The number of nitrogens with two attached hydrogens (primary N) is 1. The summed E-state index contributed by atoms with van der Waals surface area (Å²) in [6, 6.07) is 5.06. The number of anilines is 4. The van der Waals surface area contributed by atoms with Crippen LogP contribution in [0.4, 0.5) is 27.9 Å². The molecule has 2 heterocycles. The number of rotatable bonds is 9. The molecule has 0 bridgehead atoms. The second-order valence-electron chi connectivity index (χ2n) is 6.47. The molecular weight excluding hydrogens is 381 g/mol. The van der Waals surface area contributed by atoms with Gasteiger partial charge in [-0.2, -0.15) is 15.0 Å². The Hall–Kier alpha value is -2.33. The lowest BCUT2D eigenvalue weighted by Crippen LogP contribution is -2.35. The minimum Gasteiger partial charge on any atom is -0.480 e. The molecule has 1 aliphatic heterocycles. The summed E-state index contributed by atoms with van der Waals surface area (Å²) in [5, 5.41) is 6.21. The maximum absolute atomic E-state index is 14.1. The van der Waals surface area contributed by atoms with Crippen LogP contribution in [0.3, 0.4) is 0 Å². The highest BCUT2D eigenvalue weighted by atomic mass is 32.2. The highest BCUT2D eigenvalue weighted by Crippen LogP contribution is 2.24. The molecule has 152 valence electrons. The van der Waals surface area contributed by atoms with Gasteiger partial charge < -0.3 is 21.1 Å². The van der Waals surface area contributed by atoms with E-state index in [-0.39, 0.29) is 17.6 Å². The van der Waals surface area contributed by atoms with Crippen molar-refractivity contribution < 1.29 is 9.13 Å². The Kier molecular flexibility index (Phi) is 7.10. The van der Waals surface area contributed by atoms with Crippen LogP contribution >= 0.6 is 11.8 Å². The first kappa shape index (κ1) is 20.4. The minimum absolute atomic E-state index is 0.0964. The predicted octanol–water partition coefficient (Wildman–Crippen LogP) is 2.93. The van der Waals surface area contributed by atoms with Crippen molar-refractivity contribution in [3.8, 4) is 5.75 Å². The van der Waals surface area contributed by atoms with E-state index in [1.54, 1.807) is 12.1 Å². The van der Waals surface area contributed by atoms with Crippen LogP contribution in [0.5, 0.6) is 5.75 Å². The van der Waals surface area contributed by atoms with Crippen LogP contribution < -0.4 is 21.1 Å². The quantitative estimate of drug-likeness (QED) is 0.542. The predicted molar refractivity (Wildman–Crippen MR) is 112 cm³/mol. The van der Waals surface area contributed by atoms with E-state index in [2.05, 4.69) is 37.4 Å². The fraction of sp³-hybridized carbons (Fsp3) is 0.500. The number of nitrogen functional groups attached to an aromatic ring is 1. The number of hydrogen-bond donors (Lipinski definition) is 3. The van der Waals surface area contributed by atoms with E-state index in [0.29, 0.717) is 23.6 Å². The monoisotopic (exact) mass is 407 g/mol. The number of halogens is 1. The van der Waals surface area contributed by atoms with E-state index >= 15 is 0 Å². The second-order valence-corrected chi connectivity index (χ2v) is 7.28. The van der Waals surface area contributed by atoms with Gasteiger partial charge in [0.25, 0.3) is 0 Å². The lowest BCUT2D eigenvalue weighted by molar-refractivity contribution is 0.277. The van der Waals surface area contributed by atoms with E-state index in [9.17, 15) is 4.39 Å². The van der Waals surface area contributed by atoms with E-state index in [1.165, 1.54) is 24.2 Å². The Bertz CT molecular complexity index is 795. The third-order valence-corrected chi connectivity index (χ3v) is 4.93. The van der Waals surface area contributed by atoms with Gasteiger partial charge in [-0.05, 0) is 44.3 Å². The number of likely N-dealkylation sites (tertiary alicyclic amines) is 1. The van der Waals surface area contributed by atoms with Crippen molar-refractivity contribution in [2.45, 2.75) is 25.8 Å². The normalized spacial score (nSPS) is 16.9. The van der Waals surface area contributed by atoms with Gasteiger partial charge >= 0.3 is 0 Å². The molecule has 1 aliphatic rings. The Balaban J connectivity index is 1.65. The number of nitrogens with zero attached hydrogens (tertiary/aromatic N) is 4. The lowest BCUT2D eigenvalue weighted by atomic mass is 10.2. The topological polar surface area (TPSA) is 101 Å². The summed E-state index contributed by atoms with van der Waals surface area (Å²) >= 11 is 1.47. The fourth-order valence-corrected chi connectivity index (χ4v) is 3.47. The number of ether oxygens (including phenoxy) is 1. The van der Waals surface area contributed by atoms with E-state index in [0.717, 1.165) is 26.1 Å². The summed E-state index contributed by atoms with van der Waals surface area (Å²) < 4.78 is 19.4. The number of benzene rings is 1.